The van der Waals surface area contributed by atoms with Gasteiger partial charge in [-0.05, 0) is 26.2 Å². The monoisotopic (exact) mass is 226 g/mol. The van der Waals surface area contributed by atoms with Gasteiger partial charge in [-0.1, -0.05) is 13.0 Å². The Morgan fingerprint density at radius 3 is 2.50 bits per heavy atom. The molecule has 0 unspecified atom stereocenters. The van der Waals surface area contributed by atoms with Crippen molar-refractivity contribution in [2.45, 2.75) is 27.2 Å². The normalized spacial score (nSPS) is 23.8. The number of hydrogen-bond donors (Lipinski definition) is 0. The second kappa shape index (κ2) is 5.68. The van der Waals surface area contributed by atoms with Crippen molar-refractivity contribution in [2.24, 2.45) is 11.8 Å². The lowest BCUT2D eigenvalue weighted by atomic mass is 9.97. The molecule has 16 heavy (non-hydrogen) atoms. The second-order valence-electron chi connectivity index (χ2n) is 3.83. The average molecular weight is 226 g/mol. The fourth-order valence-electron chi connectivity index (χ4n) is 1.85. The van der Waals surface area contributed by atoms with Gasteiger partial charge >= 0.3 is 11.9 Å². The molecule has 0 saturated heterocycles. The summed E-state index contributed by atoms with van der Waals surface area (Å²) in [4.78, 5) is 23.0. The van der Waals surface area contributed by atoms with Crippen LogP contribution in [0.5, 0.6) is 0 Å². The Morgan fingerprint density at radius 2 is 1.94 bits per heavy atom. The Labute approximate surface area is 95.6 Å². The highest BCUT2D eigenvalue weighted by Gasteiger charge is 2.34. The van der Waals surface area contributed by atoms with Crippen molar-refractivity contribution in [2.75, 3.05) is 13.2 Å². The second-order valence-corrected chi connectivity index (χ2v) is 3.83. The van der Waals surface area contributed by atoms with Crippen LogP contribution >= 0.6 is 0 Å². The van der Waals surface area contributed by atoms with Gasteiger partial charge in [0.2, 0.25) is 0 Å². The number of hydrogen-bond acceptors (Lipinski definition) is 4. The van der Waals surface area contributed by atoms with E-state index in [4.69, 9.17) is 9.47 Å². The lowest BCUT2D eigenvalue weighted by Crippen LogP contribution is -2.20. The molecule has 0 aliphatic heterocycles. The van der Waals surface area contributed by atoms with Gasteiger partial charge < -0.3 is 9.47 Å². The third-order valence-electron chi connectivity index (χ3n) is 2.67. The molecule has 0 aromatic heterocycles. The van der Waals surface area contributed by atoms with Gasteiger partial charge in [-0.3, -0.25) is 4.79 Å². The lowest BCUT2D eigenvalue weighted by Gasteiger charge is -2.13. The fourth-order valence-corrected chi connectivity index (χ4v) is 1.85. The average Bonchev–Trinajstić information content (AvgIpc) is 2.61. The molecule has 0 fully saturated rings. The van der Waals surface area contributed by atoms with E-state index in [1.54, 1.807) is 19.9 Å². The number of carbonyl (C=O) groups excluding carboxylic acids is 2. The van der Waals surface area contributed by atoms with E-state index in [9.17, 15) is 9.59 Å². The minimum absolute atomic E-state index is 0.0402. The summed E-state index contributed by atoms with van der Waals surface area (Å²) >= 11 is 0. The van der Waals surface area contributed by atoms with Crippen molar-refractivity contribution >= 4 is 11.9 Å². The number of allylic oxidation sites excluding steroid dienone is 1. The SMILES string of the molecule is CCOC(=O)C1=C[C@@H](C)[C@H](C(=O)OCC)C1. The molecule has 90 valence electrons. The highest BCUT2D eigenvalue weighted by atomic mass is 16.5. The molecule has 1 aliphatic rings. The van der Waals surface area contributed by atoms with E-state index in [0.29, 0.717) is 25.2 Å². The molecule has 4 nitrogen and oxygen atoms in total. The largest absolute Gasteiger partial charge is 0.466 e. The van der Waals surface area contributed by atoms with Crippen LogP contribution in [0, 0.1) is 11.8 Å². The Hall–Kier alpha value is -1.32. The lowest BCUT2D eigenvalue weighted by molar-refractivity contribution is -0.148. The van der Waals surface area contributed by atoms with Crippen molar-refractivity contribution in [1.29, 1.82) is 0 Å². The van der Waals surface area contributed by atoms with Crippen LogP contribution < -0.4 is 0 Å². The van der Waals surface area contributed by atoms with Gasteiger partial charge in [-0.15, -0.1) is 0 Å². The van der Waals surface area contributed by atoms with Crippen molar-refractivity contribution in [1.82, 2.24) is 0 Å². The number of ether oxygens (including phenoxy) is 2. The van der Waals surface area contributed by atoms with Crippen LogP contribution in [0.2, 0.25) is 0 Å². The van der Waals surface area contributed by atoms with Crippen molar-refractivity contribution < 1.29 is 19.1 Å². The first-order valence-electron chi connectivity index (χ1n) is 5.64. The summed E-state index contributed by atoms with van der Waals surface area (Å²) in [5.41, 5.74) is 0.590. The van der Waals surface area contributed by atoms with Gasteiger partial charge in [0.1, 0.15) is 0 Å². The Balaban J connectivity index is 2.59. The van der Waals surface area contributed by atoms with Gasteiger partial charge in [0.25, 0.3) is 0 Å². The summed E-state index contributed by atoms with van der Waals surface area (Å²) in [6.45, 7) is 6.18. The van der Waals surface area contributed by atoms with Crippen molar-refractivity contribution in [3.8, 4) is 0 Å². The zero-order chi connectivity index (χ0) is 12.1. The molecule has 0 radical (unpaired) electrons. The molecule has 4 heteroatoms. The van der Waals surface area contributed by atoms with Crippen LogP contribution in [0.15, 0.2) is 11.6 Å². The first-order valence-corrected chi connectivity index (χ1v) is 5.64. The van der Waals surface area contributed by atoms with Crippen molar-refractivity contribution in [3.63, 3.8) is 0 Å². The molecule has 0 amide bonds. The molecule has 2 atom stereocenters. The molecule has 0 saturated carbocycles. The number of carbonyl (C=O) groups is 2. The summed E-state index contributed by atoms with van der Waals surface area (Å²) in [5.74, 6) is -0.746. The summed E-state index contributed by atoms with van der Waals surface area (Å²) < 4.78 is 9.86. The smallest absolute Gasteiger partial charge is 0.333 e. The topological polar surface area (TPSA) is 52.6 Å². The quantitative estimate of drug-likeness (QED) is 0.684. The van der Waals surface area contributed by atoms with Gasteiger partial charge in [0.05, 0.1) is 19.1 Å². The molecule has 0 heterocycles. The van der Waals surface area contributed by atoms with E-state index < -0.39 is 0 Å². The summed E-state index contributed by atoms with van der Waals surface area (Å²) in [5, 5.41) is 0. The maximum atomic E-state index is 11.6. The zero-order valence-corrected chi connectivity index (χ0v) is 9.99. The molecular formula is C12H18O4. The molecule has 0 N–H and O–H groups in total. The third-order valence-corrected chi connectivity index (χ3v) is 2.67. The molecule has 1 aliphatic carbocycles. The maximum Gasteiger partial charge on any atom is 0.333 e. The zero-order valence-electron chi connectivity index (χ0n) is 9.99. The molecule has 0 aromatic rings. The summed E-state index contributed by atoms with van der Waals surface area (Å²) in [6.07, 6.45) is 2.23. The molecule has 0 bridgehead atoms. The van der Waals surface area contributed by atoms with Crippen LogP contribution in [-0.4, -0.2) is 25.2 Å². The molecular weight excluding hydrogens is 208 g/mol. The van der Waals surface area contributed by atoms with E-state index in [2.05, 4.69) is 0 Å². The Morgan fingerprint density at radius 1 is 1.31 bits per heavy atom. The highest BCUT2D eigenvalue weighted by molar-refractivity contribution is 5.91. The van der Waals surface area contributed by atoms with E-state index in [1.807, 2.05) is 6.92 Å². The van der Waals surface area contributed by atoms with Gasteiger partial charge in [-0.2, -0.15) is 0 Å². The highest BCUT2D eigenvalue weighted by Crippen LogP contribution is 2.31. The fraction of sp³-hybridized carbons (Fsp3) is 0.667. The maximum absolute atomic E-state index is 11.6. The van der Waals surface area contributed by atoms with Crippen LogP contribution in [0.3, 0.4) is 0 Å². The minimum Gasteiger partial charge on any atom is -0.466 e. The van der Waals surface area contributed by atoms with Crippen LogP contribution in [0.25, 0.3) is 0 Å². The third kappa shape index (κ3) is 2.84. The van der Waals surface area contributed by atoms with Gasteiger partial charge in [0, 0.05) is 5.57 Å². The molecule has 0 spiro atoms. The number of esters is 2. The minimum atomic E-state index is -0.318. The predicted molar refractivity (Wildman–Crippen MR) is 58.6 cm³/mol. The van der Waals surface area contributed by atoms with E-state index in [0.717, 1.165) is 0 Å². The summed E-state index contributed by atoms with van der Waals surface area (Å²) in [6, 6.07) is 0. The molecule has 0 aromatic carbocycles. The Bertz CT molecular complexity index is 306. The van der Waals surface area contributed by atoms with Crippen LogP contribution in [-0.2, 0) is 19.1 Å². The molecule has 1 rings (SSSR count). The van der Waals surface area contributed by atoms with Crippen LogP contribution in [0.1, 0.15) is 27.2 Å². The number of rotatable bonds is 4. The van der Waals surface area contributed by atoms with Crippen LogP contribution in [0.4, 0.5) is 0 Å². The predicted octanol–water partition coefficient (Wildman–Crippen LogP) is 1.70. The Kier molecular flexibility index (Phi) is 4.52. The standard InChI is InChI=1S/C12H18O4/c1-4-15-11(13)9-6-8(3)10(7-9)12(14)16-5-2/h6,8,10H,4-5,7H2,1-3H3/t8-,10-/m1/s1. The summed E-state index contributed by atoms with van der Waals surface area (Å²) in [7, 11) is 0. The van der Waals surface area contributed by atoms with Gasteiger partial charge in [0.15, 0.2) is 0 Å². The van der Waals surface area contributed by atoms with E-state index in [-0.39, 0.29) is 23.8 Å². The van der Waals surface area contributed by atoms with E-state index in [1.165, 1.54) is 0 Å². The van der Waals surface area contributed by atoms with Gasteiger partial charge in [-0.25, -0.2) is 4.79 Å². The first-order chi connectivity index (χ1) is 7.60. The van der Waals surface area contributed by atoms with E-state index >= 15 is 0 Å². The first kappa shape index (κ1) is 12.7. The van der Waals surface area contributed by atoms with Crippen molar-refractivity contribution in [3.05, 3.63) is 11.6 Å².